The van der Waals surface area contributed by atoms with Crippen LogP contribution < -0.4 is 5.32 Å². The van der Waals surface area contributed by atoms with Gasteiger partial charge in [-0.05, 0) is 19.4 Å². The molecule has 0 saturated carbocycles. The van der Waals surface area contributed by atoms with Crippen molar-refractivity contribution in [3.8, 4) is 0 Å². The number of hydrogen-bond donors (Lipinski definition) is 2. The van der Waals surface area contributed by atoms with Crippen LogP contribution in [0.1, 0.15) is 29.9 Å². The molecule has 6 nitrogen and oxygen atoms in total. The monoisotopic (exact) mass is 380 g/mol. The van der Waals surface area contributed by atoms with Gasteiger partial charge in [-0.3, -0.25) is 4.99 Å². The van der Waals surface area contributed by atoms with Gasteiger partial charge in [0.05, 0.1) is 18.8 Å². The third kappa shape index (κ3) is 5.41. The van der Waals surface area contributed by atoms with E-state index in [0.29, 0.717) is 38.2 Å². The lowest BCUT2D eigenvalue weighted by Gasteiger charge is -2.31. The lowest BCUT2D eigenvalue weighted by Crippen LogP contribution is -2.46. The van der Waals surface area contributed by atoms with Crippen molar-refractivity contribution >= 4 is 12.2 Å². The predicted octanol–water partition coefficient (Wildman–Crippen LogP) is 2.22. The molecule has 0 aromatic carbocycles. The maximum Gasteiger partial charge on any atom is 0.490 e. The van der Waals surface area contributed by atoms with Crippen LogP contribution >= 0.6 is 0 Å². The molecule has 3 rings (SSSR count). The Morgan fingerprint density at radius 2 is 2.08 bits per heavy atom. The van der Waals surface area contributed by atoms with Crippen LogP contribution in [0.3, 0.4) is 0 Å². The Kier molecular flexibility index (Phi) is 6.21. The van der Waals surface area contributed by atoms with E-state index in [2.05, 4.69) is 20.3 Å². The molecule has 2 aliphatic heterocycles. The van der Waals surface area contributed by atoms with Crippen molar-refractivity contribution in [2.45, 2.75) is 37.9 Å². The van der Waals surface area contributed by atoms with Crippen LogP contribution in [0.4, 0.5) is 22.0 Å². The Labute approximate surface area is 145 Å². The topological polar surface area (TPSA) is 87.5 Å². The van der Waals surface area contributed by atoms with Crippen LogP contribution in [-0.2, 0) is 17.8 Å². The Balaban J connectivity index is 0.000000298. The Hall–Kier alpha value is -2.17. The lowest BCUT2D eigenvalue weighted by atomic mass is 9.89. The number of aryl methyl sites for hydroxylation is 1. The van der Waals surface area contributed by atoms with Gasteiger partial charge in [0.25, 0.3) is 5.92 Å². The number of aliphatic carboxylic acids is 1. The SMILES string of the molecule is FC1(F)CNCC[C@@H]1CCc1ncc2c(n1)CN=C2.O=C(O)C(F)(F)F. The second-order valence-corrected chi connectivity index (χ2v) is 5.92. The molecule has 0 unspecified atom stereocenters. The minimum absolute atomic E-state index is 0.212. The van der Waals surface area contributed by atoms with Gasteiger partial charge >= 0.3 is 12.1 Å². The maximum absolute atomic E-state index is 13.7. The van der Waals surface area contributed by atoms with Crippen LogP contribution in [0.15, 0.2) is 11.2 Å². The summed E-state index contributed by atoms with van der Waals surface area (Å²) in [6.45, 7) is 1.03. The fourth-order valence-electron chi connectivity index (χ4n) is 2.60. The smallest absolute Gasteiger partial charge is 0.475 e. The predicted molar refractivity (Wildman–Crippen MR) is 81.3 cm³/mol. The first-order chi connectivity index (χ1) is 12.1. The molecule has 0 amide bonds. The molecular weight excluding hydrogens is 363 g/mol. The summed E-state index contributed by atoms with van der Waals surface area (Å²) in [6, 6.07) is 0. The number of aliphatic imine (C=N–C) groups is 1. The van der Waals surface area contributed by atoms with Gasteiger partial charge < -0.3 is 10.4 Å². The standard InChI is InChI=1S/C13H16F2N4.C2HF3O2/c14-13(15)8-16-4-3-10(13)1-2-12-18-6-9-5-17-7-11(9)19-12;3-2(4,5)1(6)7/h5-6,10,16H,1-4,7-8H2;(H,6,7)/t10-;/m0./s1. The summed E-state index contributed by atoms with van der Waals surface area (Å²) < 4.78 is 59.1. The molecule has 3 heterocycles. The van der Waals surface area contributed by atoms with E-state index in [1.54, 1.807) is 12.4 Å². The number of carbonyl (C=O) groups is 1. The molecule has 0 aliphatic carbocycles. The van der Waals surface area contributed by atoms with E-state index in [-0.39, 0.29) is 6.54 Å². The van der Waals surface area contributed by atoms with Crippen LogP contribution in [0.5, 0.6) is 0 Å². The molecule has 0 radical (unpaired) electrons. The second kappa shape index (κ2) is 8.02. The third-order valence-corrected chi connectivity index (χ3v) is 4.01. The average molecular weight is 380 g/mol. The molecule has 1 aromatic rings. The summed E-state index contributed by atoms with van der Waals surface area (Å²) in [5, 5.41) is 9.86. The highest BCUT2D eigenvalue weighted by Gasteiger charge is 2.41. The minimum atomic E-state index is -5.08. The largest absolute Gasteiger partial charge is 0.490 e. The Morgan fingerprint density at radius 3 is 2.69 bits per heavy atom. The van der Waals surface area contributed by atoms with E-state index in [1.165, 1.54) is 0 Å². The maximum atomic E-state index is 13.7. The van der Waals surface area contributed by atoms with E-state index in [1.807, 2.05) is 0 Å². The quantitative estimate of drug-likeness (QED) is 0.786. The van der Waals surface area contributed by atoms with Crippen molar-refractivity contribution in [1.82, 2.24) is 15.3 Å². The summed E-state index contributed by atoms with van der Waals surface area (Å²) in [6.07, 6.45) is -0.141. The lowest BCUT2D eigenvalue weighted by molar-refractivity contribution is -0.192. The number of fused-ring (bicyclic) bond motifs is 1. The van der Waals surface area contributed by atoms with Gasteiger partial charge in [-0.15, -0.1) is 0 Å². The normalized spacial score (nSPS) is 20.9. The molecular formula is C15H17F5N4O2. The molecule has 11 heteroatoms. The highest BCUT2D eigenvalue weighted by atomic mass is 19.4. The molecule has 1 saturated heterocycles. The van der Waals surface area contributed by atoms with Crippen molar-refractivity contribution < 1.29 is 31.9 Å². The van der Waals surface area contributed by atoms with Gasteiger partial charge in [0.1, 0.15) is 5.82 Å². The molecule has 2 N–H and O–H groups in total. The molecule has 1 aromatic heterocycles. The number of alkyl halides is 5. The number of halogens is 5. The summed E-state index contributed by atoms with van der Waals surface area (Å²) in [4.78, 5) is 21.6. The number of rotatable bonds is 3. The Bertz CT molecular complexity index is 678. The zero-order valence-electron chi connectivity index (χ0n) is 13.6. The fourth-order valence-corrected chi connectivity index (χ4v) is 2.60. The number of aromatic nitrogens is 2. The first-order valence-corrected chi connectivity index (χ1v) is 7.83. The highest BCUT2D eigenvalue weighted by Crippen LogP contribution is 2.32. The van der Waals surface area contributed by atoms with Gasteiger partial charge in [-0.25, -0.2) is 23.5 Å². The van der Waals surface area contributed by atoms with Gasteiger partial charge in [0.2, 0.25) is 0 Å². The molecule has 0 spiro atoms. The number of hydrogen-bond acceptors (Lipinski definition) is 5. The number of nitrogens with zero attached hydrogens (tertiary/aromatic N) is 3. The van der Waals surface area contributed by atoms with Gasteiger partial charge in [-0.1, -0.05) is 0 Å². The molecule has 0 bridgehead atoms. The molecule has 2 aliphatic rings. The van der Waals surface area contributed by atoms with Gasteiger partial charge in [-0.2, -0.15) is 13.2 Å². The summed E-state index contributed by atoms with van der Waals surface area (Å²) >= 11 is 0. The molecule has 1 fully saturated rings. The summed E-state index contributed by atoms with van der Waals surface area (Å²) in [5.74, 6) is -5.29. The first kappa shape index (κ1) is 20.1. The van der Waals surface area contributed by atoms with Crippen LogP contribution in [0.25, 0.3) is 0 Å². The zero-order chi connectivity index (χ0) is 19.4. The number of carboxylic acid groups (broad SMARTS) is 1. The van der Waals surface area contributed by atoms with E-state index < -0.39 is 24.0 Å². The van der Waals surface area contributed by atoms with Crippen molar-refractivity contribution in [2.75, 3.05) is 13.1 Å². The first-order valence-electron chi connectivity index (χ1n) is 7.83. The second-order valence-electron chi connectivity index (χ2n) is 5.92. The van der Waals surface area contributed by atoms with Crippen molar-refractivity contribution in [1.29, 1.82) is 0 Å². The van der Waals surface area contributed by atoms with E-state index in [0.717, 1.165) is 11.3 Å². The molecule has 1 atom stereocenters. The average Bonchev–Trinajstić information content (AvgIpc) is 3.00. The highest BCUT2D eigenvalue weighted by molar-refractivity contribution is 5.82. The van der Waals surface area contributed by atoms with E-state index in [4.69, 9.17) is 9.90 Å². The number of carboxylic acids is 1. The zero-order valence-corrected chi connectivity index (χ0v) is 13.6. The summed E-state index contributed by atoms with van der Waals surface area (Å²) in [5.41, 5.74) is 1.85. The van der Waals surface area contributed by atoms with Crippen molar-refractivity contribution in [3.63, 3.8) is 0 Å². The van der Waals surface area contributed by atoms with Crippen LogP contribution in [0, 0.1) is 5.92 Å². The number of piperidine rings is 1. The fraction of sp³-hybridized carbons (Fsp3) is 0.600. The van der Waals surface area contributed by atoms with Gasteiger partial charge in [0.15, 0.2) is 0 Å². The number of nitrogens with one attached hydrogen (secondary N) is 1. The van der Waals surface area contributed by atoms with Crippen molar-refractivity contribution in [3.05, 3.63) is 23.3 Å². The third-order valence-electron chi connectivity index (χ3n) is 4.01. The molecule has 26 heavy (non-hydrogen) atoms. The minimum Gasteiger partial charge on any atom is -0.475 e. The van der Waals surface area contributed by atoms with Crippen LogP contribution in [-0.4, -0.2) is 52.4 Å². The van der Waals surface area contributed by atoms with Crippen LogP contribution in [0.2, 0.25) is 0 Å². The Morgan fingerprint density at radius 1 is 1.38 bits per heavy atom. The van der Waals surface area contributed by atoms with E-state index in [9.17, 15) is 22.0 Å². The van der Waals surface area contributed by atoms with Gasteiger partial charge in [0, 0.05) is 30.3 Å². The molecule has 144 valence electrons. The summed E-state index contributed by atoms with van der Waals surface area (Å²) in [7, 11) is 0. The van der Waals surface area contributed by atoms with Crippen molar-refractivity contribution in [2.24, 2.45) is 10.9 Å². The van der Waals surface area contributed by atoms with E-state index >= 15 is 0 Å².